The van der Waals surface area contributed by atoms with Crippen LogP contribution in [0.25, 0.3) is 0 Å². The molecule has 0 saturated carbocycles. The third-order valence-electron chi connectivity index (χ3n) is 2.73. The summed E-state index contributed by atoms with van der Waals surface area (Å²) in [6, 6.07) is 4.43. The van der Waals surface area contributed by atoms with Gasteiger partial charge in [0.25, 0.3) is 11.6 Å². The van der Waals surface area contributed by atoms with Gasteiger partial charge in [-0.15, -0.1) is 0 Å². The van der Waals surface area contributed by atoms with Crippen LogP contribution in [0, 0.1) is 17.0 Å². The van der Waals surface area contributed by atoms with Crippen LogP contribution >= 0.6 is 0 Å². The van der Waals surface area contributed by atoms with Gasteiger partial charge in [-0.3, -0.25) is 14.9 Å². The maximum Gasteiger partial charge on any atom is 0.282 e. The van der Waals surface area contributed by atoms with Gasteiger partial charge in [0, 0.05) is 19.2 Å². The normalized spacial score (nSPS) is 15.5. The molecule has 1 aromatic rings. The minimum absolute atomic E-state index is 0.0851. The number of nitrogens with zero attached hydrogens (tertiary/aromatic N) is 2. The molecule has 0 unspecified atom stereocenters. The lowest BCUT2D eigenvalue weighted by Crippen LogP contribution is -2.53. The quantitative estimate of drug-likeness (QED) is 0.605. The Morgan fingerprint density at radius 1 is 1.53 bits per heavy atom. The summed E-state index contributed by atoms with van der Waals surface area (Å²) >= 11 is 0. The lowest BCUT2D eigenvalue weighted by molar-refractivity contribution is -0.385. The number of amides is 1. The number of nitro groups is 1. The molecule has 6 heteroatoms. The molecule has 0 aliphatic carbocycles. The molecule has 0 bridgehead atoms. The van der Waals surface area contributed by atoms with Crippen LogP contribution in [0.15, 0.2) is 18.2 Å². The van der Waals surface area contributed by atoms with E-state index in [1.165, 1.54) is 17.0 Å². The number of benzene rings is 1. The Morgan fingerprint density at radius 2 is 2.18 bits per heavy atom. The van der Waals surface area contributed by atoms with Crippen LogP contribution in [0.2, 0.25) is 0 Å². The van der Waals surface area contributed by atoms with Crippen LogP contribution < -0.4 is 0 Å². The maximum atomic E-state index is 12.0. The van der Waals surface area contributed by atoms with Crippen LogP contribution in [0.5, 0.6) is 0 Å². The van der Waals surface area contributed by atoms with Crippen molar-refractivity contribution < 1.29 is 14.8 Å². The third kappa shape index (κ3) is 2.12. The Bertz CT molecular complexity index is 480. The van der Waals surface area contributed by atoms with Crippen molar-refractivity contribution >= 4 is 11.6 Å². The van der Waals surface area contributed by atoms with Crippen molar-refractivity contribution in [3.05, 3.63) is 39.4 Å². The summed E-state index contributed by atoms with van der Waals surface area (Å²) in [6.07, 6.45) is -0.511. The van der Waals surface area contributed by atoms with Gasteiger partial charge in [-0.25, -0.2) is 0 Å². The highest BCUT2D eigenvalue weighted by Crippen LogP contribution is 2.23. The van der Waals surface area contributed by atoms with Gasteiger partial charge in [-0.2, -0.15) is 0 Å². The van der Waals surface area contributed by atoms with Crippen molar-refractivity contribution in [2.24, 2.45) is 0 Å². The molecule has 1 fully saturated rings. The van der Waals surface area contributed by atoms with Crippen LogP contribution in [0.3, 0.4) is 0 Å². The van der Waals surface area contributed by atoms with E-state index in [0.29, 0.717) is 0 Å². The van der Waals surface area contributed by atoms with Crippen molar-refractivity contribution in [2.75, 3.05) is 13.1 Å². The summed E-state index contributed by atoms with van der Waals surface area (Å²) in [5.74, 6) is -0.397. The first kappa shape index (κ1) is 11.5. The number of aliphatic hydroxyl groups excluding tert-OH is 1. The number of carbonyl (C=O) groups is 1. The number of likely N-dealkylation sites (tertiary alicyclic amines) is 1. The second-order valence-electron chi connectivity index (χ2n) is 4.14. The molecule has 1 N–H and O–H groups in total. The van der Waals surface area contributed by atoms with Crippen molar-refractivity contribution in [3.8, 4) is 0 Å². The third-order valence-corrected chi connectivity index (χ3v) is 2.73. The minimum atomic E-state index is -0.567. The first-order valence-corrected chi connectivity index (χ1v) is 5.21. The molecule has 0 radical (unpaired) electrons. The van der Waals surface area contributed by atoms with E-state index in [1.807, 2.05) is 0 Å². The van der Waals surface area contributed by atoms with Gasteiger partial charge in [-0.1, -0.05) is 6.07 Å². The highest BCUT2D eigenvalue weighted by atomic mass is 16.6. The minimum Gasteiger partial charge on any atom is -0.389 e. The van der Waals surface area contributed by atoms with E-state index in [4.69, 9.17) is 5.11 Å². The molecule has 6 nitrogen and oxygen atoms in total. The molecular weight excluding hydrogens is 224 g/mol. The fraction of sp³-hybridized carbons (Fsp3) is 0.364. The van der Waals surface area contributed by atoms with Crippen molar-refractivity contribution in [1.82, 2.24) is 4.90 Å². The zero-order chi connectivity index (χ0) is 12.6. The molecular formula is C11H12N2O4. The monoisotopic (exact) mass is 236 g/mol. The predicted octanol–water partition coefficient (Wildman–Crippen LogP) is 0.720. The van der Waals surface area contributed by atoms with E-state index < -0.39 is 16.9 Å². The fourth-order valence-corrected chi connectivity index (χ4v) is 1.77. The van der Waals surface area contributed by atoms with Crippen molar-refractivity contribution in [3.63, 3.8) is 0 Å². The van der Waals surface area contributed by atoms with Gasteiger partial charge in [0.05, 0.1) is 11.0 Å². The molecule has 90 valence electrons. The van der Waals surface area contributed by atoms with Gasteiger partial charge >= 0.3 is 0 Å². The van der Waals surface area contributed by atoms with E-state index >= 15 is 0 Å². The first-order valence-electron chi connectivity index (χ1n) is 5.21. The van der Waals surface area contributed by atoms with E-state index in [2.05, 4.69) is 0 Å². The Labute approximate surface area is 97.6 Å². The molecule has 17 heavy (non-hydrogen) atoms. The zero-order valence-corrected chi connectivity index (χ0v) is 9.29. The standard InChI is InChI=1S/C11H12N2O4/c1-7-2-3-10(13(16)17)9(4-7)11(15)12-5-8(14)6-12/h2-4,8,14H,5-6H2,1H3. The number of aliphatic hydroxyl groups is 1. The van der Waals surface area contributed by atoms with Crippen molar-refractivity contribution in [1.29, 1.82) is 0 Å². The van der Waals surface area contributed by atoms with E-state index in [-0.39, 0.29) is 24.3 Å². The van der Waals surface area contributed by atoms with Gasteiger partial charge in [0.15, 0.2) is 0 Å². The molecule has 0 spiro atoms. The van der Waals surface area contributed by atoms with Gasteiger partial charge in [0.2, 0.25) is 0 Å². The molecule has 0 atom stereocenters. The van der Waals surface area contributed by atoms with Crippen LogP contribution in [0.1, 0.15) is 15.9 Å². The van der Waals surface area contributed by atoms with Crippen LogP contribution in [-0.4, -0.2) is 40.0 Å². The summed E-state index contributed by atoms with van der Waals surface area (Å²) in [4.78, 5) is 23.6. The Balaban J connectivity index is 2.33. The Kier molecular flexibility index (Phi) is 2.81. The summed E-state index contributed by atoms with van der Waals surface area (Å²) in [6.45, 7) is 2.25. The van der Waals surface area contributed by atoms with Crippen LogP contribution in [-0.2, 0) is 0 Å². The van der Waals surface area contributed by atoms with Gasteiger partial charge < -0.3 is 10.0 Å². The number of rotatable bonds is 2. The molecule has 1 heterocycles. The summed E-state index contributed by atoms with van der Waals surface area (Å²) in [5, 5.41) is 19.9. The van der Waals surface area contributed by atoms with E-state index in [9.17, 15) is 14.9 Å². The molecule has 0 aromatic heterocycles. The first-order chi connectivity index (χ1) is 7.99. The lowest BCUT2D eigenvalue weighted by atomic mass is 10.1. The zero-order valence-electron chi connectivity index (χ0n) is 9.29. The number of aryl methyl sites for hydroxylation is 1. The number of carbonyl (C=O) groups excluding carboxylic acids is 1. The van der Waals surface area contributed by atoms with Gasteiger partial charge in [-0.05, 0) is 18.6 Å². The Morgan fingerprint density at radius 3 is 2.71 bits per heavy atom. The number of hydrogen-bond donors (Lipinski definition) is 1. The molecule has 1 aromatic carbocycles. The molecule has 1 aliphatic rings. The molecule has 2 rings (SSSR count). The summed E-state index contributed by atoms with van der Waals surface area (Å²) in [5.41, 5.74) is 0.684. The fourth-order valence-electron chi connectivity index (χ4n) is 1.77. The number of nitro benzene ring substituents is 1. The second-order valence-corrected chi connectivity index (χ2v) is 4.14. The molecule has 1 aliphatic heterocycles. The predicted molar refractivity (Wildman–Crippen MR) is 59.7 cm³/mol. The largest absolute Gasteiger partial charge is 0.389 e. The van der Waals surface area contributed by atoms with E-state index in [1.54, 1.807) is 13.0 Å². The smallest absolute Gasteiger partial charge is 0.282 e. The Hall–Kier alpha value is -1.95. The summed E-state index contributed by atoms with van der Waals surface area (Å²) in [7, 11) is 0. The molecule has 1 amide bonds. The highest BCUT2D eigenvalue weighted by molar-refractivity contribution is 5.98. The second kappa shape index (κ2) is 4.14. The average molecular weight is 236 g/mol. The van der Waals surface area contributed by atoms with Crippen LogP contribution in [0.4, 0.5) is 5.69 Å². The highest BCUT2D eigenvalue weighted by Gasteiger charge is 2.32. The maximum absolute atomic E-state index is 12.0. The number of β-amino-alcohol motifs (C(OH)–C–C–N with tert-alkyl or cyclic N) is 1. The summed E-state index contributed by atoms with van der Waals surface area (Å²) < 4.78 is 0. The topological polar surface area (TPSA) is 83.7 Å². The van der Waals surface area contributed by atoms with E-state index in [0.717, 1.165) is 5.56 Å². The van der Waals surface area contributed by atoms with Gasteiger partial charge in [0.1, 0.15) is 5.56 Å². The average Bonchev–Trinajstić information content (AvgIpc) is 2.23. The van der Waals surface area contributed by atoms with Crippen molar-refractivity contribution in [2.45, 2.75) is 13.0 Å². The lowest BCUT2D eigenvalue weighted by Gasteiger charge is -2.35. The SMILES string of the molecule is Cc1ccc([N+](=O)[O-])c(C(=O)N2CC(O)C2)c1. The number of hydrogen-bond acceptors (Lipinski definition) is 4. The molecule has 1 saturated heterocycles.